The van der Waals surface area contributed by atoms with Crippen molar-refractivity contribution in [2.75, 3.05) is 13.2 Å². The highest BCUT2D eigenvalue weighted by atomic mass is 19.4. The van der Waals surface area contributed by atoms with Crippen LogP contribution < -0.4 is 11.3 Å². The van der Waals surface area contributed by atoms with Gasteiger partial charge in [0.2, 0.25) is 0 Å². The third-order valence-electron chi connectivity index (χ3n) is 1.27. The summed E-state index contributed by atoms with van der Waals surface area (Å²) >= 11 is 0. The molecule has 0 aromatic rings. The SMILES string of the molecule is C=CCC(COCC(F)(F)F)NN. The van der Waals surface area contributed by atoms with Crippen LogP contribution in [0.3, 0.4) is 0 Å². The van der Waals surface area contributed by atoms with Gasteiger partial charge in [0.05, 0.1) is 6.61 Å². The Morgan fingerprint density at radius 2 is 2.15 bits per heavy atom. The molecule has 0 bridgehead atoms. The number of nitrogens with one attached hydrogen (secondary N) is 1. The summed E-state index contributed by atoms with van der Waals surface area (Å²) in [5.74, 6) is 5.05. The van der Waals surface area contributed by atoms with E-state index in [2.05, 4.69) is 16.7 Å². The van der Waals surface area contributed by atoms with Crippen LogP contribution in [0.2, 0.25) is 0 Å². The predicted molar refractivity (Wildman–Crippen MR) is 42.8 cm³/mol. The summed E-state index contributed by atoms with van der Waals surface area (Å²) in [7, 11) is 0. The Hall–Kier alpha value is -0.590. The van der Waals surface area contributed by atoms with Gasteiger partial charge in [-0.25, -0.2) is 0 Å². The van der Waals surface area contributed by atoms with Gasteiger partial charge < -0.3 is 4.74 Å². The molecule has 0 aromatic carbocycles. The fourth-order valence-electron chi connectivity index (χ4n) is 0.702. The van der Waals surface area contributed by atoms with E-state index < -0.39 is 12.8 Å². The summed E-state index contributed by atoms with van der Waals surface area (Å²) in [6.45, 7) is 2.10. The van der Waals surface area contributed by atoms with E-state index >= 15 is 0 Å². The first-order chi connectivity index (χ1) is 5.99. The first-order valence-electron chi connectivity index (χ1n) is 3.71. The molecular formula is C7H13F3N2O. The summed E-state index contributed by atoms with van der Waals surface area (Å²) < 4.78 is 39.2. The van der Waals surface area contributed by atoms with Gasteiger partial charge in [-0.3, -0.25) is 11.3 Å². The topological polar surface area (TPSA) is 47.3 Å². The Morgan fingerprint density at radius 1 is 1.54 bits per heavy atom. The monoisotopic (exact) mass is 198 g/mol. The van der Waals surface area contributed by atoms with Crippen LogP contribution in [-0.2, 0) is 4.74 Å². The number of hydrogen-bond acceptors (Lipinski definition) is 3. The highest BCUT2D eigenvalue weighted by Gasteiger charge is 2.27. The third-order valence-corrected chi connectivity index (χ3v) is 1.27. The minimum atomic E-state index is -4.28. The molecule has 0 rings (SSSR count). The molecule has 6 heteroatoms. The van der Waals surface area contributed by atoms with Crippen molar-refractivity contribution in [1.82, 2.24) is 5.43 Å². The average molecular weight is 198 g/mol. The summed E-state index contributed by atoms with van der Waals surface area (Å²) in [5, 5.41) is 0. The van der Waals surface area contributed by atoms with Crippen LogP contribution in [0.25, 0.3) is 0 Å². The molecule has 0 spiro atoms. The second-order valence-electron chi connectivity index (χ2n) is 2.52. The van der Waals surface area contributed by atoms with E-state index in [4.69, 9.17) is 5.84 Å². The number of rotatable bonds is 6. The number of hydrazine groups is 1. The lowest BCUT2D eigenvalue weighted by molar-refractivity contribution is -0.175. The molecule has 0 heterocycles. The molecule has 0 aliphatic heterocycles. The Labute approximate surface area is 74.7 Å². The Kier molecular flexibility index (Phi) is 5.68. The van der Waals surface area contributed by atoms with Crippen molar-refractivity contribution in [2.24, 2.45) is 5.84 Å². The molecule has 3 nitrogen and oxygen atoms in total. The van der Waals surface area contributed by atoms with Crippen LogP contribution in [0.15, 0.2) is 12.7 Å². The Morgan fingerprint density at radius 3 is 2.54 bits per heavy atom. The summed E-state index contributed by atoms with van der Waals surface area (Å²) in [6.07, 6.45) is -2.26. The van der Waals surface area contributed by atoms with Gasteiger partial charge in [0.25, 0.3) is 0 Å². The van der Waals surface area contributed by atoms with Gasteiger partial charge in [0.15, 0.2) is 0 Å². The lowest BCUT2D eigenvalue weighted by atomic mass is 10.2. The first-order valence-corrected chi connectivity index (χ1v) is 3.71. The smallest absolute Gasteiger partial charge is 0.370 e. The van der Waals surface area contributed by atoms with Crippen LogP contribution in [0.1, 0.15) is 6.42 Å². The van der Waals surface area contributed by atoms with E-state index in [9.17, 15) is 13.2 Å². The molecule has 3 N–H and O–H groups in total. The molecule has 0 aliphatic carbocycles. The lowest BCUT2D eigenvalue weighted by Gasteiger charge is -2.14. The zero-order valence-corrected chi connectivity index (χ0v) is 7.10. The molecule has 13 heavy (non-hydrogen) atoms. The highest BCUT2D eigenvalue weighted by Crippen LogP contribution is 2.14. The Balaban J connectivity index is 3.54. The molecule has 78 valence electrons. The van der Waals surface area contributed by atoms with E-state index in [0.717, 1.165) is 0 Å². The van der Waals surface area contributed by atoms with Gasteiger partial charge in [-0.2, -0.15) is 13.2 Å². The lowest BCUT2D eigenvalue weighted by Crippen LogP contribution is -2.39. The van der Waals surface area contributed by atoms with Gasteiger partial charge in [0, 0.05) is 6.04 Å². The minimum Gasteiger partial charge on any atom is -0.370 e. The quantitative estimate of drug-likeness (QED) is 0.380. The van der Waals surface area contributed by atoms with Crippen molar-refractivity contribution in [3.63, 3.8) is 0 Å². The van der Waals surface area contributed by atoms with E-state index in [-0.39, 0.29) is 12.6 Å². The van der Waals surface area contributed by atoms with E-state index in [1.165, 1.54) is 0 Å². The highest BCUT2D eigenvalue weighted by molar-refractivity contribution is 4.76. The van der Waals surface area contributed by atoms with Gasteiger partial charge in [-0.1, -0.05) is 6.08 Å². The Bertz CT molecular complexity index is 149. The molecule has 0 saturated heterocycles. The largest absolute Gasteiger partial charge is 0.411 e. The van der Waals surface area contributed by atoms with Crippen molar-refractivity contribution in [1.29, 1.82) is 0 Å². The number of ether oxygens (including phenoxy) is 1. The number of hydrogen-bond donors (Lipinski definition) is 2. The van der Waals surface area contributed by atoms with E-state index in [1.807, 2.05) is 0 Å². The fraction of sp³-hybridized carbons (Fsp3) is 0.714. The molecule has 0 radical (unpaired) electrons. The molecule has 0 fully saturated rings. The van der Waals surface area contributed by atoms with Gasteiger partial charge in [0.1, 0.15) is 6.61 Å². The van der Waals surface area contributed by atoms with Crippen LogP contribution in [0.4, 0.5) is 13.2 Å². The molecule has 0 aromatic heterocycles. The number of alkyl halides is 3. The van der Waals surface area contributed by atoms with Crippen molar-refractivity contribution in [3.8, 4) is 0 Å². The molecule has 0 saturated carbocycles. The predicted octanol–water partition coefficient (Wildman–Crippen LogP) is 0.973. The summed E-state index contributed by atoms with van der Waals surface area (Å²) in [6, 6.07) is -0.320. The zero-order valence-electron chi connectivity index (χ0n) is 7.10. The van der Waals surface area contributed by atoms with Crippen LogP contribution in [-0.4, -0.2) is 25.4 Å². The van der Waals surface area contributed by atoms with Gasteiger partial charge in [-0.05, 0) is 6.42 Å². The number of nitrogens with two attached hydrogens (primary N) is 1. The maximum atomic E-state index is 11.6. The van der Waals surface area contributed by atoms with Crippen molar-refractivity contribution in [2.45, 2.75) is 18.6 Å². The van der Waals surface area contributed by atoms with Crippen molar-refractivity contribution < 1.29 is 17.9 Å². The summed E-state index contributed by atoms with van der Waals surface area (Å²) in [4.78, 5) is 0. The maximum absolute atomic E-state index is 11.6. The first kappa shape index (κ1) is 12.4. The molecule has 0 amide bonds. The van der Waals surface area contributed by atoms with Crippen molar-refractivity contribution >= 4 is 0 Å². The molecule has 1 unspecified atom stereocenters. The van der Waals surface area contributed by atoms with E-state index in [1.54, 1.807) is 6.08 Å². The second-order valence-corrected chi connectivity index (χ2v) is 2.52. The fourth-order valence-corrected chi connectivity index (χ4v) is 0.702. The number of halogens is 3. The maximum Gasteiger partial charge on any atom is 0.411 e. The second kappa shape index (κ2) is 5.95. The molecule has 0 aliphatic rings. The molecule has 1 atom stereocenters. The zero-order chi connectivity index (χ0) is 10.3. The average Bonchev–Trinajstić information content (AvgIpc) is 2.01. The van der Waals surface area contributed by atoms with Crippen LogP contribution in [0, 0.1) is 0 Å². The van der Waals surface area contributed by atoms with Crippen molar-refractivity contribution in [3.05, 3.63) is 12.7 Å². The van der Waals surface area contributed by atoms with E-state index in [0.29, 0.717) is 6.42 Å². The van der Waals surface area contributed by atoms with Crippen LogP contribution in [0.5, 0.6) is 0 Å². The normalized spacial score (nSPS) is 14.2. The third kappa shape index (κ3) is 7.76. The minimum absolute atomic E-state index is 0.0813. The molecular weight excluding hydrogens is 185 g/mol. The summed E-state index contributed by atoms with van der Waals surface area (Å²) in [5.41, 5.74) is 2.33. The van der Waals surface area contributed by atoms with Gasteiger partial charge in [-0.15, -0.1) is 6.58 Å². The van der Waals surface area contributed by atoms with Gasteiger partial charge >= 0.3 is 6.18 Å². The van der Waals surface area contributed by atoms with Crippen LogP contribution >= 0.6 is 0 Å². The standard InChI is InChI=1S/C7H13F3N2O/c1-2-3-6(12-11)4-13-5-7(8,9)10/h2,6,12H,1,3-5,11H2.